The van der Waals surface area contributed by atoms with Gasteiger partial charge in [0.05, 0.1) is 11.8 Å². The number of rotatable bonds is 5. The Morgan fingerprint density at radius 3 is 3.17 bits per heavy atom. The summed E-state index contributed by atoms with van der Waals surface area (Å²) in [6.07, 6.45) is -0.352. The minimum absolute atomic E-state index is 0.248. The van der Waals surface area contributed by atoms with Gasteiger partial charge in [-0.25, -0.2) is 0 Å². The number of carboxylic acids is 1. The van der Waals surface area contributed by atoms with Crippen LogP contribution in [0.1, 0.15) is 17.9 Å². The van der Waals surface area contributed by atoms with E-state index in [2.05, 4.69) is 5.16 Å². The third-order valence-electron chi connectivity index (χ3n) is 2.93. The van der Waals surface area contributed by atoms with Gasteiger partial charge in [-0.2, -0.15) is 0 Å². The van der Waals surface area contributed by atoms with Gasteiger partial charge in [0.15, 0.2) is 5.76 Å². The molecular formula is C11H16N2O5. The third kappa shape index (κ3) is 2.87. The van der Waals surface area contributed by atoms with Crippen LogP contribution >= 0.6 is 0 Å². The van der Waals surface area contributed by atoms with Crippen molar-refractivity contribution in [2.24, 2.45) is 0 Å². The van der Waals surface area contributed by atoms with Crippen LogP contribution in [-0.4, -0.2) is 52.0 Å². The average molecular weight is 256 g/mol. The van der Waals surface area contributed by atoms with Gasteiger partial charge in [-0.3, -0.25) is 9.69 Å². The number of aliphatic carboxylic acids is 1. The Kier molecular flexibility index (Phi) is 3.95. The molecule has 7 heteroatoms. The summed E-state index contributed by atoms with van der Waals surface area (Å²) in [5.74, 6) is -0.328. The monoisotopic (exact) mass is 256 g/mol. The molecule has 1 saturated heterocycles. The molecule has 0 aromatic carbocycles. The molecule has 2 atom stereocenters. The molecule has 1 fully saturated rings. The van der Waals surface area contributed by atoms with Gasteiger partial charge < -0.3 is 19.5 Å². The largest absolute Gasteiger partial charge is 0.480 e. The summed E-state index contributed by atoms with van der Waals surface area (Å²) in [7, 11) is 1.56. The first-order chi connectivity index (χ1) is 8.60. The van der Waals surface area contributed by atoms with Gasteiger partial charge in [-0.1, -0.05) is 5.16 Å². The molecule has 1 aromatic rings. The van der Waals surface area contributed by atoms with E-state index in [-0.39, 0.29) is 6.42 Å². The van der Waals surface area contributed by atoms with Gasteiger partial charge in [-0.05, 0) is 0 Å². The molecule has 0 spiro atoms. The van der Waals surface area contributed by atoms with E-state index in [1.807, 2.05) is 0 Å². The van der Waals surface area contributed by atoms with E-state index in [4.69, 9.17) is 14.4 Å². The fraction of sp³-hybridized carbons (Fsp3) is 0.636. The summed E-state index contributed by atoms with van der Waals surface area (Å²) in [6.45, 7) is 1.02. The van der Waals surface area contributed by atoms with Crippen molar-refractivity contribution < 1.29 is 24.3 Å². The van der Waals surface area contributed by atoms with E-state index in [0.29, 0.717) is 31.2 Å². The molecule has 0 amide bonds. The Hall–Kier alpha value is -1.44. The summed E-state index contributed by atoms with van der Waals surface area (Å²) < 4.78 is 9.93. The first-order valence-electron chi connectivity index (χ1n) is 5.68. The van der Waals surface area contributed by atoms with Crippen LogP contribution in [0.5, 0.6) is 0 Å². The van der Waals surface area contributed by atoms with Crippen LogP contribution in [0.25, 0.3) is 0 Å². The molecule has 0 aliphatic carbocycles. The van der Waals surface area contributed by atoms with E-state index in [0.717, 1.165) is 0 Å². The minimum Gasteiger partial charge on any atom is -0.480 e. The van der Waals surface area contributed by atoms with Gasteiger partial charge in [0.1, 0.15) is 12.6 Å². The predicted molar refractivity (Wildman–Crippen MR) is 59.7 cm³/mol. The Bertz CT molecular complexity index is 419. The number of ether oxygens (including phenoxy) is 1. The second-order valence-corrected chi connectivity index (χ2v) is 4.39. The van der Waals surface area contributed by atoms with Crippen molar-refractivity contribution in [1.29, 1.82) is 0 Å². The van der Waals surface area contributed by atoms with Crippen LogP contribution in [-0.2, 0) is 22.7 Å². The maximum atomic E-state index is 11.0. The Labute approximate surface area is 104 Å². The molecule has 0 radical (unpaired) electrons. The van der Waals surface area contributed by atoms with Crippen LogP contribution in [0.4, 0.5) is 0 Å². The van der Waals surface area contributed by atoms with E-state index < -0.39 is 18.1 Å². The zero-order chi connectivity index (χ0) is 13.1. The minimum atomic E-state index is -0.924. The lowest BCUT2D eigenvalue weighted by Crippen LogP contribution is -2.35. The highest BCUT2D eigenvalue weighted by atomic mass is 16.5. The number of aliphatic hydroxyl groups excluding tert-OH is 1. The molecule has 2 unspecified atom stereocenters. The van der Waals surface area contributed by atoms with Crippen molar-refractivity contribution in [2.75, 3.05) is 13.7 Å². The van der Waals surface area contributed by atoms with E-state index in [9.17, 15) is 9.90 Å². The summed E-state index contributed by atoms with van der Waals surface area (Å²) in [6, 6.07) is 1.06. The average Bonchev–Trinajstić information content (AvgIpc) is 2.87. The molecule has 2 heterocycles. The number of aliphatic hydroxyl groups is 1. The van der Waals surface area contributed by atoms with Crippen molar-refractivity contribution in [1.82, 2.24) is 10.1 Å². The molecule has 1 aliphatic rings. The highest BCUT2D eigenvalue weighted by Gasteiger charge is 2.36. The number of carbonyl (C=O) groups is 1. The number of carboxylic acid groups (broad SMARTS) is 1. The first kappa shape index (κ1) is 13.0. The zero-order valence-electron chi connectivity index (χ0n) is 10.1. The lowest BCUT2D eigenvalue weighted by Gasteiger charge is -2.18. The predicted octanol–water partition coefficient (Wildman–Crippen LogP) is -0.159. The SMILES string of the molecule is COCc1cc(CN2CC(O)CC2C(=O)O)no1. The lowest BCUT2D eigenvalue weighted by molar-refractivity contribution is -0.142. The second-order valence-electron chi connectivity index (χ2n) is 4.39. The zero-order valence-corrected chi connectivity index (χ0v) is 10.1. The Balaban J connectivity index is 2.00. The number of likely N-dealkylation sites (tertiary alicyclic amines) is 1. The molecular weight excluding hydrogens is 240 g/mol. The lowest BCUT2D eigenvalue weighted by atomic mass is 10.2. The molecule has 100 valence electrons. The topological polar surface area (TPSA) is 96.0 Å². The van der Waals surface area contributed by atoms with E-state index >= 15 is 0 Å². The van der Waals surface area contributed by atoms with Crippen molar-refractivity contribution in [3.63, 3.8) is 0 Å². The van der Waals surface area contributed by atoms with Gasteiger partial charge in [0, 0.05) is 32.7 Å². The van der Waals surface area contributed by atoms with Gasteiger partial charge in [-0.15, -0.1) is 0 Å². The number of hydrogen-bond donors (Lipinski definition) is 2. The van der Waals surface area contributed by atoms with Gasteiger partial charge >= 0.3 is 5.97 Å². The molecule has 2 N–H and O–H groups in total. The molecule has 1 aliphatic heterocycles. The normalized spacial score (nSPS) is 24.6. The van der Waals surface area contributed by atoms with Gasteiger partial charge in [0.2, 0.25) is 0 Å². The van der Waals surface area contributed by atoms with Crippen molar-refractivity contribution in [3.05, 3.63) is 17.5 Å². The maximum absolute atomic E-state index is 11.0. The maximum Gasteiger partial charge on any atom is 0.321 e. The highest BCUT2D eigenvalue weighted by molar-refractivity contribution is 5.74. The fourth-order valence-electron chi connectivity index (χ4n) is 2.16. The summed E-state index contributed by atoms with van der Waals surface area (Å²) in [5, 5.41) is 22.4. The smallest absolute Gasteiger partial charge is 0.321 e. The van der Waals surface area contributed by atoms with Crippen molar-refractivity contribution >= 4 is 5.97 Å². The standard InChI is InChI=1S/C11H16N2O5/c1-17-6-9-2-7(12-18-9)4-13-5-8(14)3-10(13)11(15)16/h2,8,10,14H,3-6H2,1H3,(H,15,16). The second kappa shape index (κ2) is 5.47. The number of aromatic nitrogens is 1. The molecule has 1 aromatic heterocycles. The van der Waals surface area contributed by atoms with E-state index in [1.54, 1.807) is 18.1 Å². The van der Waals surface area contributed by atoms with Crippen molar-refractivity contribution in [2.45, 2.75) is 31.7 Å². The van der Waals surface area contributed by atoms with Crippen LogP contribution in [0.15, 0.2) is 10.6 Å². The summed E-state index contributed by atoms with van der Waals surface area (Å²) in [5.41, 5.74) is 0.641. The molecule has 0 saturated carbocycles. The molecule has 0 bridgehead atoms. The van der Waals surface area contributed by atoms with Crippen molar-refractivity contribution in [3.8, 4) is 0 Å². The molecule has 18 heavy (non-hydrogen) atoms. The Morgan fingerprint density at radius 2 is 2.50 bits per heavy atom. The summed E-state index contributed by atoms with van der Waals surface area (Å²) in [4.78, 5) is 12.7. The number of methoxy groups -OCH3 is 1. The van der Waals surface area contributed by atoms with Crippen LogP contribution < -0.4 is 0 Å². The van der Waals surface area contributed by atoms with Crippen LogP contribution in [0.3, 0.4) is 0 Å². The summed E-state index contributed by atoms with van der Waals surface area (Å²) >= 11 is 0. The highest BCUT2D eigenvalue weighted by Crippen LogP contribution is 2.20. The quantitative estimate of drug-likeness (QED) is 0.755. The number of nitrogens with zero attached hydrogens (tertiary/aromatic N) is 2. The van der Waals surface area contributed by atoms with Gasteiger partial charge in [0.25, 0.3) is 0 Å². The molecule has 7 nitrogen and oxygen atoms in total. The number of β-amino-alcohol motifs (C(OH)–C–C–N with tert-alkyl or cyclic N) is 1. The fourth-order valence-corrected chi connectivity index (χ4v) is 2.16. The van der Waals surface area contributed by atoms with Crippen LogP contribution in [0.2, 0.25) is 0 Å². The molecule has 2 rings (SSSR count). The third-order valence-corrected chi connectivity index (χ3v) is 2.93. The number of hydrogen-bond acceptors (Lipinski definition) is 6. The Morgan fingerprint density at radius 1 is 1.72 bits per heavy atom. The van der Waals surface area contributed by atoms with Crippen LogP contribution in [0, 0.1) is 0 Å². The first-order valence-corrected chi connectivity index (χ1v) is 5.68. The van der Waals surface area contributed by atoms with E-state index in [1.165, 1.54) is 0 Å².